The Morgan fingerprint density at radius 2 is 0.978 bits per heavy atom. The second-order valence-corrected chi connectivity index (χ2v) is 11.0. The fourth-order valence-electron chi connectivity index (χ4n) is 5.84. The Morgan fingerprint density at radius 1 is 0.400 bits per heavy atom. The molecule has 0 radical (unpaired) electrons. The third kappa shape index (κ3) is 4.98. The predicted molar refractivity (Wildman–Crippen MR) is 183 cm³/mol. The van der Waals surface area contributed by atoms with E-state index in [4.69, 9.17) is 14.4 Å². The maximum absolute atomic E-state index is 13.0. The van der Waals surface area contributed by atoms with Crippen molar-refractivity contribution >= 4 is 21.9 Å². The molecule has 0 N–H and O–H groups in total. The quantitative estimate of drug-likeness (QED) is 0.191. The first-order valence-corrected chi connectivity index (χ1v) is 14.9. The number of para-hydroxylation sites is 1. The van der Waals surface area contributed by atoms with Crippen molar-refractivity contribution in [3.63, 3.8) is 0 Å². The minimum absolute atomic E-state index is 0.0130. The molecule has 4 heteroatoms. The van der Waals surface area contributed by atoms with Crippen molar-refractivity contribution in [1.29, 1.82) is 0 Å². The highest BCUT2D eigenvalue weighted by molar-refractivity contribution is 5.92. The van der Waals surface area contributed by atoms with Gasteiger partial charge in [0.05, 0.1) is 22.2 Å². The van der Waals surface area contributed by atoms with E-state index in [1.165, 1.54) is 0 Å². The molecule has 0 spiro atoms. The minimum atomic E-state index is -0.0130. The zero-order valence-corrected chi connectivity index (χ0v) is 24.2. The SMILES string of the molecule is O=c1c2ccccc2oc2cc(-c3ccc(-c4ccccc4-c4cc(-c5ccccc5)nc(-c5ccccc5)n4)cc3)ccc12. The zero-order chi connectivity index (χ0) is 30.2. The first kappa shape index (κ1) is 26.5. The first-order chi connectivity index (χ1) is 22.2. The Kier molecular flexibility index (Phi) is 6.58. The van der Waals surface area contributed by atoms with Crippen molar-refractivity contribution in [2.75, 3.05) is 0 Å². The highest BCUT2D eigenvalue weighted by Crippen LogP contribution is 2.35. The van der Waals surface area contributed by atoms with Crippen LogP contribution < -0.4 is 5.43 Å². The van der Waals surface area contributed by atoms with Gasteiger partial charge < -0.3 is 4.42 Å². The van der Waals surface area contributed by atoms with Crippen LogP contribution in [0.1, 0.15) is 0 Å². The van der Waals surface area contributed by atoms with Crippen LogP contribution in [-0.2, 0) is 0 Å². The molecular formula is C41H26N2O2. The Morgan fingerprint density at radius 3 is 1.76 bits per heavy atom. The van der Waals surface area contributed by atoms with Crippen LogP contribution in [0.4, 0.5) is 0 Å². The fraction of sp³-hybridized carbons (Fsp3) is 0. The second kappa shape index (κ2) is 11.2. The van der Waals surface area contributed by atoms with E-state index in [2.05, 4.69) is 60.7 Å². The summed E-state index contributed by atoms with van der Waals surface area (Å²) >= 11 is 0. The number of hydrogen-bond donors (Lipinski definition) is 0. The van der Waals surface area contributed by atoms with Crippen LogP contribution in [-0.4, -0.2) is 9.97 Å². The lowest BCUT2D eigenvalue weighted by Gasteiger charge is -2.13. The normalized spacial score (nSPS) is 11.2. The van der Waals surface area contributed by atoms with Gasteiger partial charge in [-0.2, -0.15) is 0 Å². The summed E-state index contributed by atoms with van der Waals surface area (Å²) in [6.07, 6.45) is 0. The van der Waals surface area contributed by atoms with Crippen LogP contribution in [0.15, 0.2) is 167 Å². The van der Waals surface area contributed by atoms with Crippen molar-refractivity contribution in [2.24, 2.45) is 0 Å². The lowest BCUT2D eigenvalue weighted by atomic mass is 9.94. The van der Waals surface area contributed by atoms with Crippen LogP contribution in [0.5, 0.6) is 0 Å². The van der Waals surface area contributed by atoms with Gasteiger partial charge in [-0.05, 0) is 52.6 Å². The van der Waals surface area contributed by atoms with Crippen LogP contribution in [0.25, 0.3) is 78.1 Å². The first-order valence-electron chi connectivity index (χ1n) is 14.9. The van der Waals surface area contributed by atoms with E-state index in [0.717, 1.165) is 50.3 Å². The number of nitrogens with zero attached hydrogens (tertiary/aromatic N) is 2. The van der Waals surface area contributed by atoms with Crippen molar-refractivity contribution in [3.8, 4) is 56.2 Å². The number of hydrogen-bond acceptors (Lipinski definition) is 4. The van der Waals surface area contributed by atoms with Crippen LogP contribution in [0, 0.1) is 0 Å². The van der Waals surface area contributed by atoms with Crippen LogP contribution >= 0.6 is 0 Å². The molecular weight excluding hydrogens is 552 g/mol. The molecule has 8 rings (SSSR count). The highest BCUT2D eigenvalue weighted by atomic mass is 16.3. The van der Waals surface area contributed by atoms with E-state index in [1.54, 1.807) is 6.07 Å². The molecule has 0 aliphatic heterocycles. The average Bonchev–Trinajstić information content (AvgIpc) is 3.12. The number of rotatable bonds is 5. The average molecular weight is 579 g/mol. The lowest BCUT2D eigenvalue weighted by molar-refractivity contribution is 0.660. The lowest BCUT2D eigenvalue weighted by Crippen LogP contribution is -2.01. The Bertz CT molecular complexity index is 2320. The van der Waals surface area contributed by atoms with Gasteiger partial charge in [-0.1, -0.05) is 127 Å². The van der Waals surface area contributed by atoms with E-state index in [0.29, 0.717) is 27.8 Å². The highest BCUT2D eigenvalue weighted by Gasteiger charge is 2.15. The number of benzene rings is 6. The molecule has 0 aliphatic rings. The van der Waals surface area contributed by atoms with Gasteiger partial charge in [0.1, 0.15) is 11.2 Å². The van der Waals surface area contributed by atoms with Gasteiger partial charge in [0, 0.05) is 16.7 Å². The summed E-state index contributed by atoms with van der Waals surface area (Å²) < 4.78 is 6.12. The molecule has 8 aromatic rings. The fourth-order valence-corrected chi connectivity index (χ4v) is 5.84. The second-order valence-electron chi connectivity index (χ2n) is 11.0. The van der Waals surface area contributed by atoms with E-state index in [9.17, 15) is 4.79 Å². The van der Waals surface area contributed by atoms with E-state index in [1.807, 2.05) is 91.0 Å². The molecule has 45 heavy (non-hydrogen) atoms. The maximum Gasteiger partial charge on any atom is 0.200 e. The molecule has 0 fully saturated rings. The Hall–Kier alpha value is -6.13. The third-order valence-corrected chi connectivity index (χ3v) is 8.14. The molecule has 0 saturated carbocycles. The molecule has 0 amide bonds. The molecule has 0 bridgehead atoms. The molecule has 0 saturated heterocycles. The molecule has 2 heterocycles. The molecule has 0 unspecified atom stereocenters. The van der Waals surface area contributed by atoms with Crippen molar-refractivity contribution in [3.05, 3.63) is 168 Å². The number of fused-ring (bicyclic) bond motifs is 2. The summed E-state index contributed by atoms with van der Waals surface area (Å²) in [4.78, 5) is 23.0. The van der Waals surface area contributed by atoms with Gasteiger partial charge in [0.15, 0.2) is 5.82 Å². The van der Waals surface area contributed by atoms with Gasteiger partial charge in [-0.25, -0.2) is 9.97 Å². The zero-order valence-electron chi connectivity index (χ0n) is 24.2. The molecule has 2 aromatic heterocycles. The van der Waals surface area contributed by atoms with Gasteiger partial charge in [0.25, 0.3) is 0 Å². The third-order valence-electron chi connectivity index (χ3n) is 8.14. The van der Waals surface area contributed by atoms with Crippen LogP contribution in [0.3, 0.4) is 0 Å². The van der Waals surface area contributed by atoms with E-state index < -0.39 is 0 Å². The summed E-state index contributed by atoms with van der Waals surface area (Å²) in [7, 11) is 0. The van der Waals surface area contributed by atoms with Crippen LogP contribution in [0.2, 0.25) is 0 Å². The summed E-state index contributed by atoms with van der Waals surface area (Å²) in [5.74, 6) is 0.688. The molecule has 0 aliphatic carbocycles. The van der Waals surface area contributed by atoms with Crippen molar-refractivity contribution < 1.29 is 4.42 Å². The molecule has 212 valence electrons. The van der Waals surface area contributed by atoms with E-state index in [-0.39, 0.29) is 5.43 Å². The predicted octanol–water partition coefficient (Wildman–Crippen LogP) is 10.1. The van der Waals surface area contributed by atoms with Gasteiger partial charge in [-0.3, -0.25) is 4.79 Å². The van der Waals surface area contributed by atoms with Gasteiger partial charge in [0.2, 0.25) is 5.43 Å². The summed E-state index contributed by atoms with van der Waals surface area (Å²) in [5.41, 5.74) is 10.1. The van der Waals surface area contributed by atoms with E-state index >= 15 is 0 Å². The number of aromatic nitrogens is 2. The van der Waals surface area contributed by atoms with Gasteiger partial charge >= 0.3 is 0 Å². The molecule has 0 atom stereocenters. The Labute approximate surface area is 259 Å². The smallest absolute Gasteiger partial charge is 0.200 e. The summed E-state index contributed by atoms with van der Waals surface area (Å²) in [5, 5.41) is 1.17. The monoisotopic (exact) mass is 578 g/mol. The standard InChI is InChI=1S/C41H26N2O2/c44-40-34-17-9-10-18-38(34)45-39-25-31(23-24-35(39)40)27-19-21-28(22-20-27)32-15-7-8-16-33(32)37-26-36(29-11-3-1-4-12-29)42-41(43-37)30-13-5-2-6-14-30/h1-26H. The Balaban J connectivity index is 1.20. The molecule has 6 aromatic carbocycles. The van der Waals surface area contributed by atoms with Crippen molar-refractivity contribution in [2.45, 2.75) is 0 Å². The summed E-state index contributed by atoms with van der Waals surface area (Å²) in [6.45, 7) is 0. The topological polar surface area (TPSA) is 56.0 Å². The summed E-state index contributed by atoms with van der Waals surface area (Å²) in [6, 6.07) is 52.4. The molecule has 4 nitrogen and oxygen atoms in total. The largest absolute Gasteiger partial charge is 0.456 e. The maximum atomic E-state index is 13.0. The van der Waals surface area contributed by atoms with Gasteiger partial charge in [-0.15, -0.1) is 0 Å². The minimum Gasteiger partial charge on any atom is -0.456 e. The van der Waals surface area contributed by atoms with Crippen molar-refractivity contribution in [1.82, 2.24) is 9.97 Å².